The second-order valence-corrected chi connectivity index (χ2v) is 10.4. The summed E-state index contributed by atoms with van der Waals surface area (Å²) in [6.45, 7) is 7.64. The molecule has 4 rings (SSSR count). The van der Waals surface area contributed by atoms with E-state index in [9.17, 15) is 14.4 Å². The third kappa shape index (κ3) is 4.55. The molecule has 1 atom stereocenters. The van der Waals surface area contributed by atoms with Crippen LogP contribution in [0.4, 0.5) is 4.79 Å². The van der Waals surface area contributed by atoms with Crippen molar-refractivity contribution in [1.82, 2.24) is 25.3 Å². The number of H-pyrrole nitrogens is 1. The van der Waals surface area contributed by atoms with Gasteiger partial charge in [0.15, 0.2) is 0 Å². The number of piperidine rings is 1. The Balaban J connectivity index is 1.42. The number of hydrogen-bond donors (Lipinski definition) is 2. The number of nitrogens with zero attached hydrogens (tertiary/aromatic N) is 3. The molecule has 0 aliphatic carbocycles. The van der Waals surface area contributed by atoms with E-state index in [1.165, 1.54) is 4.90 Å². The Morgan fingerprint density at radius 2 is 2.06 bits per heavy atom. The Bertz CT molecular complexity index is 994. The predicted octanol–water partition coefficient (Wildman–Crippen LogP) is 3.78. The molecule has 4 heterocycles. The molecule has 2 aromatic rings. The molecule has 0 bridgehead atoms. The van der Waals surface area contributed by atoms with Crippen molar-refractivity contribution in [3.8, 4) is 0 Å². The summed E-state index contributed by atoms with van der Waals surface area (Å²) in [7, 11) is 0. The first-order valence-corrected chi connectivity index (χ1v) is 12.7. The molecule has 2 N–H and O–H groups in total. The summed E-state index contributed by atoms with van der Waals surface area (Å²) < 4.78 is 0. The lowest BCUT2D eigenvalue weighted by Crippen LogP contribution is -2.56. The minimum absolute atomic E-state index is 0.00935. The third-order valence-corrected chi connectivity index (χ3v) is 7.86. The van der Waals surface area contributed by atoms with Gasteiger partial charge in [0.1, 0.15) is 11.2 Å². The fourth-order valence-electron chi connectivity index (χ4n) is 5.05. The number of nitrogens with one attached hydrogen (secondary N) is 2. The summed E-state index contributed by atoms with van der Waals surface area (Å²) in [5, 5.41) is 12.2. The van der Waals surface area contributed by atoms with Gasteiger partial charge in [0, 0.05) is 30.2 Å². The van der Waals surface area contributed by atoms with Crippen LogP contribution in [0.2, 0.25) is 0 Å². The van der Waals surface area contributed by atoms with Crippen molar-refractivity contribution in [2.24, 2.45) is 5.92 Å². The number of imide groups is 1. The first-order chi connectivity index (χ1) is 15.9. The van der Waals surface area contributed by atoms with E-state index in [4.69, 9.17) is 0 Å². The summed E-state index contributed by atoms with van der Waals surface area (Å²) in [6.07, 6.45) is 3.45. The van der Waals surface area contributed by atoms with Crippen LogP contribution in [-0.2, 0) is 11.2 Å². The monoisotopic (exact) mass is 471 g/mol. The standard InChI is InChI=1S/C24H33N5O3S/c1-4-10-24(22(31)29(23(32)25-24)13-9-18-6-5-14-33-18)17-7-11-28(12-8-17)21(30)20-15-19(16(2)3)26-27-20/h5-6,14-17H,4,7-13H2,1-3H3,(H,25,32)(H,26,27)/t24-/m1/s1. The fraction of sp³-hybridized carbons (Fsp3) is 0.583. The van der Waals surface area contributed by atoms with Crippen LogP contribution in [0.3, 0.4) is 0 Å². The Morgan fingerprint density at radius 3 is 2.67 bits per heavy atom. The van der Waals surface area contributed by atoms with Crippen LogP contribution >= 0.6 is 11.3 Å². The zero-order chi connectivity index (χ0) is 23.6. The third-order valence-electron chi connectivity index (χ3n) is 6.93. The van der Waals surface area contributed by atoms with Gasteiger partial charge in [0.2, 0.25) is 0 Å². The van der Waals surface area contributed by atoms with Gasteiger partial charge in [-0.05, 0) is 55.0 Å². The molecular weight excluding hydrogens is 438 g/mol. The molecule has 0 aromatic carbocycles. The molecule has 9 heteroatoms. The van der Waals surface area contributed by atoms with Crippen molar-refractivity contribution in [3.05, 3.63) is 39.8 Å². The normalized spacial score (nSPS) is 21.8. The fourth-order valence-corrected chi connectivity index (χ4v) is 5.75. The van der Waals surface area contributed by atoms with Gasteiger partial charge in [-0.1, -0.05) is 33.3 Å². The molecule has 0 unspecified atom stereocenters. The van der Waals surface area contributed by atoms with E-state index in [-0.39, 0.29) is 29.7 Å². The average molecular weight is 472 g/mol. The molecular formula is C24H33N5O3S. The maximum atomic E-state index is 13.5. The van der Waals surface area contributed by atoms with Gasteiger partial charge in [-0.25, -0.2) is 4.79 Å². The average Bonchev–Trinajstić information content (AvgIpc) is 3.54. The Kier molecular flexibility index (Phi) is 6.88. The van der Waals surface area contributed by atoms with Crippen molar-refractivity contribution < 1.29 is 14.4 Å². The largest absolute Gasteiger partial charge is 0.337 e. The molecule has 0 spiro atoms. The number of urea groups is 1. The van der Waals surface area contributed by atoms with E-state index in [1.54, 1.807) is 11.3 Å². The summed E-state index contributed by atoms with van der Waals surface area (Å²) in [6, 6.07) is 5.54. The number of rotatable bonds is 8. The van der Waals surface area contributed by atoms with Crippen LogP contribution in [0.1, 0.15) is 73.4 Å². The molecule has 2 saturated heterocycles. The number of carbonyl (C=O) groups excluding carboxylic acids is 3. The number of carbonyl (C=O) groups is 3. The molecule has 33 heavy (non-hydrogen) atoms. The topological polar surface area (TPSA) is 98.4 Å². The number of aromatic amines is 1. The van der Waals surface area contributed by atoms with E-state index in [2.05, 4.69) is 29.4 Å². The zero-order valence-electron chi connectivity index (χ0n) is 19.6. The van der Waals surface area contributed by atoms with Crippen molar-refractivity contribution in [2.45, 2.75) is 64.3 Å². The predicted molar refractivity (Wildman–Crippen MR) is 127 cm³/mol. The van der Waals surface area contributed by atoms with Crippen LogP contribution in [0.5, 0.6) is 0 Å². The van der Waals surface area contributed by atoms with Gasteiger partial charge in [0.25, 0.3) is 11.8 Å². The van der Waals surface area contributed by atoms with Crippen LogP contribution in [-0.4, -0.2) is 63.0 Å². The van der Waals surface area contributed by atoms with Gasteiger partial charge in [-0.15, -0.1) is 11.3 Å². The lowest BCUT2D eigenvalue weighted by Gasteiger charge is -2.40. The number of aromatic nitrogens is 2. The molecule has 0 radical (unpaired) electrons. The van der Waals surface area contributed by atoms with Crippen molar-refractivity contribution in [2.75, 3.05) is 19.6 Å². The van der Waals surface area contributed by atoms with Crippen LogP contribution in [0.15, 0.2) is 23.6 Å². The van der Waals surface area contributed by atoms with Gasteiger partial charge in [-0.2, -0.15) is 5.10 Å². The van der Waals surface area contributed by atoms with Crippen molar-refractivity contribution in [3.63, 3.8) is 0 Å². The minimum Gasteiger partial charge on any atom is -0.337 e. The maximum absolute atomic E-state index is 13.5. The summed E-state index contributed by atoms with van der Waals surface area (Å²) in [4.78, 5) is 43.7. The van der Waals surface area contributed by atoms with Gasteiger partial charge >= 0.3 is 6.03 Å². The van der Waals surface area contributed by atoms with Crippen LogP contribution in [0.25, 0.3) is 0 Å². The number of amides is 4. The van der Waals surface area contributed by atoms with Gasteiger partial charge < -0.3 is 10.2 Å². The first-order valence-electron chi connectivity index (χ1n) is 11.9. The summed E-state index contributed by atoms with van der Waals surface area (Å²) in [5.74, 6) is 0.0959. The van der Waals surface area contributed by atoms with Crippen LogP contribution < -0.4 is 5.32 Å². The first kappa shape index (κ1) is 23.5. The second-order valence-electron chi connectivity index (χ2n) is 9.37. The number of likely N-dealkylation sites (tertiary alicyclic amines) is 1. The molecule has 0 saturated carbocycles. The summed E-state index contributed by atoms with van der Waals surface area (Å²) in [5.41, 5.74) is 0.510. The van der Waals surface area contributed by atoms with Crippen molar-refractivity contribution in [1.29, 1.82) is 0 Å². The lowest BCUT2D eigenvalue weighted by atomic mass is 9.74. The van der Waals surface area contributed by atoms with E-state index in [0.717, 1.165) is 17.0 Å². The number of thiophene rings is 1. The zero-order valence-corrected chi connectivity index (χ0v) is 20.4. The maximum Gasteiger partial charge on any atom is 0.325 e. The van der Waals surface area contributed by atoms with E-state index < -0.39 is 5.54 Å². The molecule has 8 nitrogen and oxygen atoms in total. The summed E-state index contributed by atoms with van der Waals surface area (Å²) >= 11 is 1.64. The Labute approximate surface area is 198 Å². The molecule has 2 aliphatic heterocycles. The van der Waals surface area contributed by atoms with Gasteiger partial charge in [-0.3, -0.25) is 19.6 Å². The molecule has 4 amide bonds. The smallest absolute Gasteiger partial charge is 0.325 e. The molecule has 2 fully saturated rings. The highest BCUT2D eigenvalue weighted by atomic mass is 32.1. The second kappa shape index (κ2) is 9.67. The lowest BCUT2D eigenvalue weighted by molar-refractivity contribution is -0.134. The van der Waals surface area contributed by atoms with Crippen LogP contribution in [0, 0.1) is 5.92 Å². The SMILES string of the molecule is CCC[C@]1(C2CCN(C(=O)c3cc(C(C)C)[nH]n3)CC2)NC(=O)N(CCc2cccs2)C1=O. The highest BCUT2D eigenvalue weighted by Crippen LogP contribution is 2.37. The molecule has 178 valence electrons. The highest BCUT2D eigenvalue weighted by Gasteiger charge is 2.55. The van der Waals surface area contributed by atoms with Crippen molar-refractivity contribution >= 4 is 29.2 Å². The highest BCUT2D eigenvalue weighted by molar-refractivity contribution is 7.09. The number of hydrogen-bond acceptors (Lipinski definition) is 5. The quantitative estimate of drug-likeness (QED) is 0.573. The minimum atomic E-state index is -0.867. The van der Waals surface area contributed by atoms with Gasteiger partial charge in [0.05, 0.1) is 0 Å². The Morgan fingerprint density at radius 1 is 1.30 bits per heavy atom. The molecule has 2 aliphatic rings. The van der Waals surface area contributed by atoms with E-state index in [1.807, 2.05) is 35.4 Å². The molecule has 2 aromatic heterocycles. The van der Waals surface area contributed by atoms with E-state index >= 15 is 0 Å². The van der Waals surface area contributed by atoms with E-state index in [0.29, 0.717) is 51.0 Å². The Hall–Kier alpha value is -2.68.